The van der Waals surface area contributed by atoms with Gasteiger partial charge in [-0.05, 0) is 35.9 Å². The molecule has 2 aromatic rings. The van der Waals surface area contributed by atoms with Gasteiger partial charge in [0.15, 0.2) is 0 Å². The molecule has 10 heteroatoms. The van der Waals surface area contributed by atoms with Crippen LogP contribution in [-0.2, 0) is 14.8 Å². The summed E-state index contributed by atoms with van der Waals surface area (Å²) in [7, 11) is -3.81. The molecule has 0 saturated heterocycles. The van der Waals surface area contributed by atoms with Crippen LogP contribution in [0.25, 0.3) is 0 Å². The predicted octanol–water partition coefficient (Wildman–Crippen LogP) is 1.73. The molecule has 138 valence electrons. The van der Waals surface area contributed by atoms with Crippen molar-refractivity contribution < 1.29 is 18.0 Å². The Morgan fingerprint density at radius 3 is 2.23 bits per heavy atom. The Kier molecular flexibility index (Phi) is 6.19. The fraction of sp³-hybridized carbons (Fsp3) is 0.125. The van der Waals surface area contributed by atoms with Crippen molar-refractivity contribution in [1.29, 1.82) is 0 Å². The topological polar surface area (TPSA) is 144 Å². The molecule has 0 unspecified atom stereocenters. The van der Waals surface area contributed by atoms with E-state index in [1.807, 2.05) is 0 Å². The number of carbonyl (C=O) groups is 2. The van der Waals surface area contributed by atoms with E-state index in [4.69, 9.17) is 22.5 Å². The van der Waals surface area contributed by atoms with E-state index in [1.165, 1.54) is 24.3 Å². The summed E-state index contributed by atoms with van der Waals surface area (Å²) in [5, 5.41) is 10.5. The number of amides is 3. The summed E-state index contributed by atoms with van der Waals surface area (Å²) in [5.74, 6) is -0.424. The lowest BCUT2D eigenvalue weighted by molar-refractivity contribution is -0.116. The minimum absolute atomic E-state index is 0.0696. The lowest BCUT2D eigenvalue weighted by Gasteiger charge is -2.19. The Morgan fingerprint density at radius 2 is 1.69 bits per heavy atom. The maximum absolute atomic E-state index is 12.3. The van der Waals surface area contributed by atoms with Crippen molar-refractivity contribution in [3.8, 4) is 0 Å². The SMILES string of the molecule is NC(=O)N[C@@H](CC(=O)Nc1ccc(S(N)(=O)=O)cc1)c1ccccc1Cl. The third-order valence-electron chi connectivity index (χ3n) is 3.45. The number of primary sulfonamides is 1. The molecule has 1 atom stereocenters. The summed E-state index contributed by atoms with van der Waals surface area (Å²) in [5.41, 5.74) is 6.10. The number of benzene rings is 2. The number of hydrogen-bond acceptors (Lipinski definition) is 4. The van der Waals surface area contributed by atoms with Gasteiger partial charge in [0.2, 0.25) is 15.9 Å². The van der Waals surface area contributed by atoms with Crippen LogP contribution in [0, 0.1) is 0 Å². The fourth-order valence-corrected chi connectivity index (χ4v) is 3.08. The van der Waals surface area contributed by atoms with Crippen LogP contribution in [0.4, 0.5) is 10.5 Å². The minimum atomic E-state index is -3.81. The van der Waals surface area contributed by atoms with Crippen molar-refractivity contribution in [3.05, 3.63) is 59.1 Å². The van der Waals surface area contributed by atoms with Crippen molar-refractivity contribution in [1.82, 2.24) is 5.32 Å². The lowest BCUT2D eigenvalue weighted by Crippen LogP contribution is -2.35. The molecule has 0 saturated carbocycles. The first-order chi connectivity index (χ1) is 12.2. The molecular weight excluding hydrogens is 380 g/mol. The number of urea groups is 1. The number of nitrogens with two attached hydrogens (primary N) is 2. The van der Waals surface area contributed by atoms with Crippen LogP contribution in [0.3, 0.4) is 0 Å². The molecule has 2 rings (SSSR count). The molecule has 0 aliphatic heterocycles. The molecule has 0 fully saturated rings. The van der Waals surface area contributed by atoms with Crippen LogP contribution in [-0.4, -0.2) is 20.4 Å². The van der Waals surface area contributed by atoms with Gasteiger partial charge >= 0.3 is 6.03 Å². The van der Waals surface area contributed by atoms with Crippen molar-refractivity contribution in [2.24, 2.45) is 10.9 Å². The maximum Gasteiger partial charge on any atom is 0.312 e. The second-order valence-corrected chi connectivity index (χ2v) is 7.37. The number of anilines is 1. The summed E-state index contributed by atoms with van der Waals surface area (Å²) >= 11 is 6.11. The Labute approximate surface area is 155 Å². The largest absolute Gasteiger partial charge is 0.352 e. The van der Waals surface area contributed by atoms with Gasteiger partial charge in [0.05, 0.1) is 17.4 Å². The predicted molar refractivity (Wildman–Crippen MR) is 98.0 cm³/mol. The molecule has 0 radical (unpaired) electrons. The van der Waals surface area contributed by atoms with E-state index in [1.54, 1.807) is 24.3 Å². The Balaban J connectivity index is 2.12. The van der Waals surface area contributed by atoms with E-state index in [9.17, 15) is 18.0 Å². The molecule has 0 spiro atoms. The quantitative estimate of drug-likeness (QED) is 0.589. The van der Waals surface area contributed by atoms with Gasteiger partial charge < -0.3 is 16.4 Å². The van der Waals surface area contributed by atoms with Gasteiger partial charge in [-0.1, -0.05) is 29.8 Å². The monoisotopic (exact) mass is 396 g/mol. The second kappa shape index (κ2) is 8.17. The summed E-state index contributed by atoms with van der Waals surface area (Å²) in [4.78, 5) is 23.4. The third-order valence-corrected chi connectivity index (χ3v) is 4.73. The highest BCUT2D eigenvalue weighted by atomic mass is 35.5. The van der Waals surface area contributed by atoms with Gasteiger partial charge in [-0.25, -0.2) is 18.4 Å². The molecule has 8 nitrogen and oxygen atoms in total. The molecule has 0 aliphatic rings. The first-order valence-electron chi connectivity index (χ1n) is 7.40. The molecule has 2 aromatic carbocycles. The van der Waals surface area contributed by atoms with E-state index >= 15 is 0 Å². The zero-order valence-corrected chi connectivity index (χ0v) is 15.0. The van der Waals surface area contributed by atoms with Crippen LogP contribution < -0.4 is 21.5 Å². The van der Waals surface area contributed by atoms with E-state index in [2.05, 4.69) is 10.6 Å². The van der Waals surface area contributed by atoms with E-state index in [0.29, 0.717) is 16.3 Å². The number of primary amides is 1. The Morgan fingerprint density at radius 1 is 1.08 bits per heavy atom. The highest BCUT2D eigenvalue weighted by Crippen LogP contribution is 2.25. The van der Waals surface area contributed by atoms with Crippen LogP contribution in [0.1, 0.15) is 18.0 Å². The lowest BCUT2D eigenvalue weighted by atomic mass is 10.0. The van der Waals surface area contributed by atoms with E-state index in [-0.39, 0.29) is 11.3 Å². The number of rotatable bonds is 6. The number of nitrogens with one attached hydrogen (secondary N) is 2. The number of carbonyl (C=O) groups excluding carboxylic acids is 2. The van der Waals surface area contributed by atoms with Gasteiger partial charge in [0.25, 0.3) is 0 Å². The first-order valence-corrected chi connectivity index (χ1v) is 9.32. The zero-order chi connectivity index (χ0) is 19.3. The van der Waals surface area contributed by atoms with Crippen molar-refractivity contribution in [3.63, 3.8) is 0 Å². The zero-order valence-electron chi connectivity index (χ0n) is 13.5. The van der Waals surface area contributed by atoms with E-state index in [0.717, 1.165) is 0 Å². The van der Waals surface area contributed by atoms with Crippen molar-refractivity contribution >= 4 is 39.2 Å². The standard InChI is InChI=1S/C16H17ClN4O4S/c17-13-4-2-1-3-12(13)14(21-16(18)23)9-15(22)20-10-5-7-11(8-6-10)26(19,24)25/h1-8,14H,9H2,(H,20,22)(H3,18,21,23)(H2,19,24,25)/t14-/m0/s1. The fourth-order valence-electron chi connectivity index (χ4n) is 2.29. The van der Waals surface area contributed by atoms with Crippen LogP contribution in [0.15, 0.2) is 53.4 Å². The van der Waals surface area contributed by atoms with E-state index < -0.39 is 28.0 Å². The maximum atomic E-state index is 12.3. The normalized spacial score (nSPS) is 12.2. The Hall–Kier alpha value is -2.62. The molecule has 0 heterocycles. The van der Waals surface area contributed by atoms with Crippen LogP contribution in [0.5, 0.6) is 0 Å². The highest BCUT2D eigenvalue weighted by Gasteiger charge is 2.20. The molecule has 3 amide bonds. The summed E-state index contributed by atoms with van der Waals surface area (Å²) in [6, 6.07) is 10.6. The number of hydrogen-bond donors (Lipinski definition) is 4. The number of halogens is 1. The molecule has 0 bridgehead atoms. The second-order valence-electron chi connectivity index (χ2n) is 5.40. The van der Waals surface area contributed by atoms with Crippen molar-refractivity contribution in [2.75, 3.05) is 5.32 Å². The summed E-state index contributed by atoms with van der Waals surface area (Å²) < 4.78 is 22.5. The third kappa shape index (κ3) is 5.45. The smallest absolute Gasteiger partial charge is 0.312 e. The molecule has 0 aromatic heterocycles. The first kappa shape index (κ1) is 19.7. The van der Waals surface area contributed by atoms with Gasteiger partial charge in [-0.3, -0.25) is 4.79 Å². The average molecular weight is 397 g/mol. The molecule has 0 aliphatic carbocycles. The average Bonchev–Trinajstić information content (AvgIpc) is 2.54. The van der Waals surface area contributed by atoms with Gasteiger partial charge in [-0.2, -0.15) is 0 Å². The van der Waals surface area contributed by atoms with Gasteiger partial charge in [0.1, 0.15) is 0 Å². The highest BCUT2D eigenvalue weighted by molar-refractivity contribution is 7.89. The summed E-state index contributed by atoms with van der Waals surface area (Å²) in [6.45, 7) is 0. The number of sulfonamides is 1. The summed E-state index contributed by atoms with van der Waals surface area (Å²) in [6.07, 6.45) is -0.121. The molecular formula is C16H17ClN4O4S. The molecule has 26 heavy (non-hydrogen) atoms. The van der Waals surface area contributed by atoms with Crippen molar-refractivity contribution in [2.45, 2.75) is 17.4 Å². The van der Waals surface area contributed by atoms with Gasteiger partial charge in [0, 0.05) is 10.7 Å². The van der Waals surface area contributed by atoms with Crippen LogP contribution in [0.2, 0.25) is 5.02 Å². The van der Waals surface area contributed by atoms with Gasteiger partial charge in [-0.15, -0.1) is 0 Å². The Bertz CT molecular complexity index is 916. The molecule has 6 N–H and O–H groups in total. The minimum Gasteiger partial charge on any atom is -0.352 e. The van der Waals surface area contributed by atoms with Crippen LogP contribution >= 0.6 is 11.6 Å².